The lowest BCUT2D eigenvalue weighted by atomic mass is 9.95. The summed E-state index contributed by atoms with van der Waals surface area (Å²) in [7, 11) is 0. The molecule has 0 spiro atoms. The molecule has 1 saturated carbocycles. The van der Waals surface area contributed by atoms with Crippen LogP contribution in [0, 0.1) is 30.5 Å². The van der Waals surface area contributed by atoms with E-state index in [1.807, 2.05) is 6.92 Å². The van der Waals surface area contributed by atoms with Crippen molar-refractivity contribution in [3.8, 4) is 0 Å². The number of aliphatic carboxylic acids is 1. The van der Waals surface area contributed by atoms with Crippen molar-refractivity contribution in [1.82, 2.24) is 0 Å². The first kappa shape index (κ1) is 14.5. The molecule has 0 bridgehead atoms. The number of benzene rings is 1. The molecule has 3 atom stereocenters. The van der Waals surface area contributed by atoms with Crippen molar-refractivity contribution in [3.05, 3.63) is 29.6 Å². The fourth-order valence-corrected chi connectivity index (χ4v) is 2.80. The molecule has 3 unspecified atom stereocenters. The number of hydrogen-bond donors (Lipinski definition) is 2. The molecule has 1 aromatic rings. The average Bonchev–Trinajstić information content (AvgIpc) is 2.75. The molecular formula is C15H18FNO3. The summed E-state index contributed by atoms with van der Waals surface area (Å²) in [5.41, 5.74) is 0.864. The van der Waals surface area contributed by atoms with Gasteiger partial charge in [-0.3, -0.25) is 9.59 Å². The molecule has 20 heavy (non-hydrogen) atoms. The Bertz CT molecular complexity index is 544. The van der Waals surface area contributed by atoms with Crippen LogP contribution in [0.4, 0.5) is 10.1 Å². The zero-order valence-electron chi connectivity index (χ0n) is 11.5. The number of carbonyl (C=O) groups is 2. The van der Waals surface area contributed by atoms with Crippen molar-refractivity contribution < 1.29 is 19.1 Å². The summed E-state index contributed by atoms with van der Waals surface area (Å²) in [6.45, 7) is 3.68. The van der Waals surface area contributed by atoms with Gasteiger partial charge in [0, 0.05) is 0 Å². The van der Waals surface area contributed by atoms with Crippen molar-refractivity contribution in [3.63, 3.8) is 0 Å². The summed E-state index contributed by atoms with van der Waals surface area (Å²) in [6.07, 6.45) is 1.01. The topological polar surface area (TPSA) is 66.4 Å². The standard InChI is InChI=1S/C15H18FNO3/c1-8-3-4-13(12(16)7-8)17-14(18)10-5-9(2)6-11(10)15(19)20/h3-4,7,9-11H,5-6H2,1-2H3,(H,17,18)(H,19,20). The largest absolute Gasteiger partial charge is 0.481 e. The molecule has 1 aromatic carbocycles. The first-order chi connectivity index (χ1) is 9.38. The number of rotatable bonds is 3. The molecule has 4 nitrogen and oxygen atoms in total. The molecule has 1 aliphatic rings. The second-order valence-electron chi connectivity index (χ2n) is 5.60. The Balaban J connectivity index is 2.13. The lowest BCUT2D eigenvalue weighted by Crippen LogP contribution is -2.30. The van der Waals surface area contributed by atoms with Gasteiger partial charge < -0.3 is 10.4 Å². The third-order valence-electron chi connectivity index (χ3n) is 3.83. The van der Waals surface area contributed by atoms with Crippen LogP contribution >= 0.6 is 0 Å². The minimum atomic E-state index is -0.959. The highest BCUT2D eigenvalue weighted by atomic mass is 19.1. The average molecular weight is 279 g/mol. The molecule has 108 valence electrons. The van der Waals surface area contributed by atoms with E-state index in [1.54, 1.807) is 13.0 Å². The highest BCUT2D eigenvalue weighted by Crippen LogP contribution is 2.37. The van der Waals surface area contributed by atoms with Gasteiger partial charge in [0.05, 0.1) is 17.5 Å². The number of carboxylic acids is 1. The monoisotopic (exact) mass is 279 g/mol. The van der Waals surface area contributed by atoms with Gasteiger partial charge >= 0.3 is 5.97 Å². The highest BCUT2D eigenvalue weighted by Gasteiger charge is 2.41. The predicted molar refractivity (Wildman–Crippen MR) is 72.8 cm³/mol. The number of halogens is 1. The molecule has 2 N–H and O–H groups in total. The number of anilines is 1. The molecule has 0 heterocycles. The highest BCUT2D eigenvalue weighted by molar-refractivity contribution is 5.95. The van der Waals surface area contributed by atoms with E-state index in [1.165, 1.54) is 12.1 Å². The number of carboxylic acid groups (broad SMARTS) is 1. The summed E-state index contributed by atoms with van der Waals surface area (Å²) < 4.78 is 13.7. The molecule has 2 rings (SSSR count). The number of hydrogen-bond acceptors (Lipinski definition) is 2. The van der Waals surface area contributed by atoms with Crippen molar-refractivity contribution >= 4 is 17.6 Å². The van der Waals surface area contributed by atoms with Gasteiger partial charge in [0.1, 0.15) is 5.82 Å². The smallest absolute Gasteiger partial charge is 0.307 e. The van der Waals surface area contributed by atoms with Gasteiger partial charge in [0.2, 0.25) is 5.91 Å². The molecule has 0 aromatic heterocycles. The zero-order valence-corrected chi connectivity index (χ0v) is 11.5. The Morgan fingerprint density at radius 1 is 1.30 bits per heavy atom. The van der Waals surface area contributed by atoms with Crippen LogP contribution in [0.5, 0.6) is 0 Å². The maximum Gasteiger partial charge on any atom is 0.307 e. The van der Waals surface area contributed by atoms with Crippen LogP contribution in [0.3, 0.4) is 0 Å². The lowest BCUT2D eigenvalue weighted by Gasteiger charge is -2.16. The molecule has 5 heteroatoms. The minimum Gasteiger partial charge on any atom is -0.481 e. The quantitative estimate of drug-likeness (QED) is 0.894. The number of amides is 1. The normalized spacial score (nSPS) is 25.4. The number of aryl methyl sites for hydroxylation is 1. The third kappa shape index (κ3) is 2.98. The van der Waals surface area contributed by atoms with Gasteiger partial charge in [0.25, 0.3) is 0 Å². The minimum absolute atomic E-state index is 0.101. The van der Waals surface area contributed by atoms with E-state index in [-0.39, 0.29) is 11.6 Å². The summed E-state index contributed by atoms with van der Waals surface area (Å²) in [5.74, 6) is -2.96. The number of nitrogens with one attached hydrogen (secondary N) is 1. The fraction of sp³-hybridized carbons (Fsp3) is 0.467. The predicted octanol–water partition coefficient (Wildman–Crippen LogP) is 2.82. The van der Waals surface area contributed by atoms with E-state index in [0.29, 0.717) is 12.8 Å². The van der Waals surface area contributed by atoms with Gasteiger partial charge in [-0.05, 0) is 43.4 Å². The van der Waals surface area contributed by atoms with Crippen LogP contribution in [0.25, 0.3) is 0 Å². The van der Waals surface area contributed by atoms with E-state index in [4.69, 9.17) is 5.11 Å². The molecular weight excluding hydrogens is 261 g/mol. The second-order valence-corrected chi connectivity index (χ2v) is 5.60. The Kier molecular flexibility index (Phi) is 4.06. The number of carbonyl (C=O) groups excluding carboxylic acids is 1. The van der Waals surface area contributed by atoms with Crippen molar-refractivity contribution in [2.45, 2.75) is 26.7 Å². The van der Waals surface area contributed by atoms with E-state index in [0.717, 1.165) is 5.56 Å². The van der Waals surface area contributed by atoms with Crippen molar-refractivity contribution in [2.24, 2.45) is 17.8 Å². The Morgan fingerprint density at radius 3 is 2.55 bits per heavy atom. The van der Waals surface area contributed by atoms with Gasteiger partial charge in [-0.1, -0.05) is 13.0 Å². The van der Waals surface area contributed by atoms with Gasteiger partial charge in [-0.2, -0.15) is 0 Å². The molecule has 1 amide bonds. The summed E-state index contributed by atoms with van der Waals surface area (Å²) in [6, 6.07) is 4.53. The van der Waals surface area contributed by atoms with Crippen molar-refractivity contribution in [1.29, 1.82) is 0 Å². The molecule has 0 radical (unpaired) electrons. The van der Waals surface area contributed by atoms with Crippen LogP contribution in [0.2, 0.25) is 0 Å². The van der Waals surface area contributed by atoms with E-state index < -0.39 is 29.5 Å². The lowest BCUT2D eigenvalue weighted by molar-refractivity contribution is -0.145. The third-order valence-corrected chi connectivity index (χ3v) is 3.83. The van der Waals surface area contributed by atoms with Crippen molar-refractivity contribution in [2.75, 3.05) is 5.32 Å². The fourth-order valence-electron chi connectivity index (χ4n) is 2.80. The second kappa shape index (κ2) is 5.61. The molecule has 1 fully saturated rings. The van der Waals surface area contributed by atoms with Crippen LogP contribution in [-0.2, 0) is 9.59 Å². The molecule has 0 saturated heterocycles. The first-order valence-electron chi connectivity index (χ1n) is 6.68. The summed E-state index contributed by atoms with van der Waals surface area (Å²) >= 11 is 0. The van der Waals surface area contributed by atoms with Crippen LogP contribution in [-0.4, -0.2) is 17.0 Å². The van der Waals surface area contributed by atoms with Gasteiger partial charge in [-0.25, -0.2) is 4.39 Å². The summed E-state index contributed by atoms with van der Waals surface area (Å²) in [5, 5.41) is 11.7. The maximum absolute atomic E-state index is 13.7. The van der Waals surface area contributed by atoms with Crippen LogP contribution < -0.4 is 5.32 Å². The van der Waals surface area contributed by atoms with Gasteiger partial charge in [-0.15, -0.1) is 0 Å². The Hall–Kier alpha value is -1.91. The Morgan fingerprint density at radius 2 is 1.95 bits per heavy atom. The van der Waals surface area contributed by atoms with E-state index in [9.17, 15) is 14.0 Å². The van der Waals surface area contributed by atoms with E-state index in [2.05, 4.69) is 5.32 Å². The zero-order chi connectivity index (χ0) is 14.9. The van der Waals surface area contributed by atoms with E-state index >= 15 is 0 Å². The first-order valence-corrected chi connectivity index (χ1v) is 6.68. The Labute approximate surface area is 117 Å². The van der Waals surface area contributed by atoms with Crippen LogP contribution in [0.15, 0.2) is 18.2 Å². The maximum atomic E-state index is 13.7. The summed E-state index contributed by atoms with van der Waals surface area (Å²) in [4.78, 5) is 23.3. The SMILES string of the molecule is Cc1ccc(NC(=O)C2CC(C)CC2C(=O)O)c(F)c1. The van der Waals surface area contributed by atoms with Gasteiger partial charge in [0.15, 0.2) is 0 Å². The molecule has 0 aliphatic heterocycles. The molecule has 1 aliphatic carbocycles. The van der Waals surface area contributed by atoms with Crippen LogP contribution in [0.1, 0.15) is 25.3 Å².